The molecule has 1 atom stereocenters. The fourth-order valence-corrected chi connectivity index (χ4v) is 2.20. The van der Waals surface area contributed by atoms with E-state index in [-0.39, 0.29) is 6.10 Å². The van der Waals surface area contributed by atoms with E-state index in [2.05, 4.69) is 20.8 Å². The summed E-state index contributed by atoms with van der Waals surface area (Å²) >= 11 is 1.88. The number of aliphatic hydroxyl groups is 1. The first-order chi connectivity index (χ1) is 6.16. The molecular formula is C11H24OS. The van der Waals surface area contributed by atoms with Gasteiger partial charge in [0.2, 0.25) is 0 Å². The summed E-state index contributed by atoms with van der Waals surface area (Å²) in [5, 5.41) is 9.57. The zero-order valence-corrected chi connectivity index (χ0v) is 10.1. The summed E-state index contributed by atoms with van der Waals surface area (Å²) in [6, 6.07) is 0. The summed E-state index contributed by atoms with van der Waals surface area (Å²) in [5.41, 5.74) is 0. The highest BCUT2D eigenvalue weighted by molar-refractivity contribution is 7.99. The van der Waals surface area contributed by atoms with Crippen LogP contribution in [0, 0.1) is 5.92 Å². The predicted octanol–water partition coefficient (Wildman–Crippen LogP) is 3.32. The van der Waals surface area contributed by atoms with Gasteiger partial charge in [-0.05, 0) is 18.1 Å². The van der Waals surface area contributed by atoms with Gasteiger partial charge in [-0.2, -0.15) is 11.8 Å². The SMILES string of the molecule is CCCCCC(O)CSCC(C)C. The Labute approximate surface area is 87.3 Å². The molecule has 0 aliphatic heterocycles. The van der Waals surface area contributed by atoms with Crippen LogP contribution in [-0.4, -0.2) is 22.7 Å². The fraction of sp³-hybridized carbons (Fsp3) is 1.00. The van der Waals surface area contributed by atoms with E-state index in [1.54, 1.807) is 0 Å². The standard InChI is InChI=1S/C11H24OS/c1-4-5-6-7-11(12)9-13-8-10(2)3/h10-12H,4-9H2,1-3H3. The average Bonchev–Trinajstić information content (AvgIpc) is 2.04. The lowest BCUT2D eigenvalue weighted by Crippen LogP contribution is -2.10. The van der Waals surface area contributed by atoms with E-state index in [1.807, 2.05) is 11.8 Å². The average molecular weight is 204 g/mol. The molecule has 0 spiro atoms. The minimum atomic E-state index is -0.0738. The van der Waals surface area contributed by atoms with Crippen LogP contribution in [0.1, 0.15) is 46.5 Å². The van der Waals surface area contributed by atoms with Gasteiger partial charge in [0.1, 0.15) is 0 Å². The van der Waals surface area contributed by atoms with E-state index in [0.717, 1.165) is 18.1 Å². The fourth-order valence-electron chi connectivity index (χ4n) is 1.15. The van der Waals surface area contributed by atoms with E-state index >= 15 is 0 Å². The third-order valence-electron chi connectivity index (χ3n) is 1.90. The maximum absolute atomic E-state index is 9.57. The minimum absolute atomic E-state index is 0.0738. The normalized spacial score (nSPS) is 13.6. The lowest BCUT2D eigenvalue weighted by Gasteiger charge is -2.10. The van der Waals surface area contributed by atoms with Crippen molar-refractivity contribution >= 4 is 11.8 Å². The molecule has 0 aromatic rings. The molecule has 0 amide bonds. The highest BCUT2D eigenvalue weighted by Crippen LogP contribution is 2.12. The third-order valence-corrected chi connectivity index (χ3v) is 3.43. The van der Waals surface area contributed by atoms with E-state index < -0.39 is 0 Å². The maximum Gasteiger partial charge on any atom is 0.0630 e. The molecule has 0 saturated heterocycles. The lowest BCUT2D eigenvalue weighted by atomic mass is 10.1. The predicted molar refractivity (Wildman–Crippen MR) is 62.3 cm³/mol. The maximum atomic E-state index is 9.57. The second-order valence-corrected chi connectivity index (χ2v) is 5.16. The summed E-state index contributed by atoms with van der Waals surface area (Å²) < 4.78 is 0. The van der Waals surface area contributed by atoms with Crippen LogP contribution in [0.2, 0.25) is 0 Å². The van der Waals surface area contributed by atoms with E-state index in [1.165, 1.54) is 25.0 Å². The van der Waals surface area contributed by atoms with E-state index in [9.17, 15) is 5.11 Å². The van der Waals surface area contributed by atoms with Gasteiger partial charge >= 0.3 is 0 Å². The van der Waals surface area contributed by atoms with Crippen LogP contribution in [0.5, 0.6) is 0 Å². The second-order valence-electron chi connectivity index (χ2n) is 4.08. The molecule has 0 fully saturated rings. The van der Waals surface area contributed by atoms with Gasteiger partial charge in [0, 0.05) is 5.75 Å². The van der Waals surface area contributed by atoms with Crippen LogP contribution in [0.25, 0.3) is 0 Å². The van der Waals surface area contributed by atoms with Crippen molar-refractivity contribution in [3.05, 3.63) is 0 Å². The van der Waals surface area contributed by atoms with Crippen LogP contribution in [0.15, 0.2) is 0 Å². The van der Waals surface area contributed by atoms with E-state index in [4.69, 9.17) is 0 Å². The van der Waals surface area contributed by atoms with Crippen LogP contribution >= 0.6 is 11.8 Å². The monoisotopic (exact) mass is 204 g/mol. The minimum Gasteiger partial charge on any atom is -0.392 e. The zero-order chi connectivity index (χ0) is 10.1. The molecule has 1 unspecified atom stereocenters. The molecule has 13 heavy (non-hydrogen) atoms. The molecule has 0 bridgehead atoms. The molecule has 0 aliphatic carbocycles. The Morgan fingerprint density at radius 2 is 1.85 bits per heavy atom. The Balaban J connectivity index is 3.15. The number of hydrogen-bond acceptors (Lipinski definition) is 2. The van der Waals surface area contributed by atoms with Crippen LogP contribution in [0.4, 0.5) is 0 Å². The summed E-state index contributed by atoms with van der Waals surface area (Å²) in [6.45, 7) is 6.63. The van der Waals surface area contributed by atoms with Gasteiger partial charge in [0.05, 0.1) is 6.10 Å². The van der Waals surface area contributed by atoms with Crippen molar-refractivity contribution in [3.63, 3.8) is 0 Å². The van der Waals surface area contributed by atoms with Gasteiger partial charge in [-0.25, -0.2) is 0 Å². The highest BCUT2D eigenvalue weighted by Gasteiger charge is 2.04. The molecule has 0 aromatic carbocycles. The Bertz CT molecular complexity index is 104. The number of unbranched alkanes of at least 4 members (excludes halogenated alkanes) is 2. The third kappa shape index (κ3) is 10.2. The number of rotatable bonds is 8. The largest absolute Gasteiger partial charge is 0.392 e. The van der Waals surface area contributed by atoms with Crippen molar-refractivity contribution in [2.24, 2.45) is 5.92 Å². The van der Waals surface area contributed by atoms with Crippen LogP contribution < -0.4 is 0 Å². The first-order valence-corrected chi connectivity index (χ1v) is 6.58. The summed E-state index contributed by atoms with van der Waals surface area (Å²) in [6.07, 6.45) is 4.59. The van der Waals surface area contributed by atoms with Gasteiger partial charge in [-0.3, -0.25) is 0 Å². The topological polar surface area (TPSA) is 20.2 Å². The van der Waals surface area contributed by atoms with Crippen molar-refractivity contribution < 1.29 is 5.11 Å². The molecule has 2 heteroatoms. The van der Waals surface area contributed by atoms with Gasteiger partial charge in [0.25, 0.3) is 0 Å². The van der Waals surface area contributed by atoms with Crippen molar-refractivity contribution in [1.82, 2.24) is 0 Å². The molecular weight excluding hydrogens is 180 g/mol. The summed E-state index contributed by atoms with van der Waals surface area (Å²) in [5.74, 6) is 2.83. The molecule has 1 nitrogen and oxygen atoms in total. The Morgan fingerprint density at radius 3 is 2.38 bits per heavy atom. The number of aliphatic hydroxyl groups excluding tert-OH is 1. The highest BCUT2D eigenvalue weighted by atomic mass is 32.2. The summed E-state index contributed by atoms with van der Waals surface area (Å²) in [4.78, 5) is 0. The zero-order valence-electron chi connectivity index (χ0n) is 9.25. The van der Waals surface area contributed by atoms with Gasteiger partial charge in [-0.1, -0.05) is 40.0 Å². The second kappa shape index (κ2) is 8.89. The molecule has 0 rings (SSSR count). The molecule has 0 radical (unpaired) electrons. The number of thioether (sulfide) groups is 1. The number of hydrogen-bond donors (Lipinski definition) is 1. The molecule has 0 aromatic heterocycles. The van der Waals surface area contributed by atoms with Gasteiger partial charge < -0.3 is 5.11 Å². The van der Waals surface area contributed by atoms with Gasteiger partial charge in [-0.15, -0.1) is 0 Å². The van der Waals surface area contributed by atoms with Gasteiger partial charge in [0.15, 0.2) is 0 Å². The van der Waals surface area contributed by atoms with Crippen LogP contribution in [0.3, 0.4) is 0 Å². The van der Waals surface area contributed by atoms with Crippen molar-refractivity contribution in [2.45, 2.75) is 52.6 Å². The Kier molecular flexibility index (Phi) is 9.10. The quantitative estimate of drug-likeness (QED) is 0.612. The molecule has 0 heterocycles. The van der Waals surface area contributed by atoms with Crippen molar-refractivity contribution in [3.8, 4) is 0 Å². The molecule has 0 saturated carbocycles. The molecule has 1 N–H and O–H groups in total. The first kappa shape index (κ1) is 13.3. The molecule has 80 valence electrons. The lowest BCUT2D eigenvalue weighted by molar-refractivity contribution is 0.185. The summed E-state index contributed by atoms with van der Waals surface area (Å²) in [7, 11) is 0. The Hall–Kier alpha value is 0.310. The smallest absolute Gasteiger partial charge is 0.0630 e. The Morgan fingerprint density at radius 1 is 1.15 bits per heavy atom. The van der Waals surface area contributed by atoms with Crippen molar-refractivity contribution in [2.75, 3.05) is 11.5 Å². The molecule has 0 aliphatic rings. The first-order valence-electron chi connectivity index (χ1n) is 5.42. The van der Waals surface area contributed by atoms with Crippen LogP contribution in [-0.2, 0) is 0 Å². The van der Waals surface area contributed by atoms with E-state index in [0.29, 0.717) is 0 Å². The van der Waals surface area contributed by atoms with Crippen molar-refractivity contribution in [1.29, 1.82) is 0 Å².